The molecule has 1 aliphatic heterocycles. The van der Waals surface area contributed by atoms with Gasteiger partial charge in [0, 0.05) is 15.9 Å². The highest BCUT2D eigenvalue weighted by molar-refractivity contribution is 9.11. The Morgan fingerprint density at radius 2 is 2.04 bits per heavy atom. The van der Waals surface area contributed by atoms with Gasteiger partial charge in [-0.15, -0.1) is 11.3 Å². The quantitative estimate of drug-likeness (QED) is 0.706. The summed E-state index contributed by atoms with van der Waals surface area (Å²) in [5, 5.41) is 2.86. The van der Waals surface area contributed by atoms with E-state index in [1.54, 1.807) is 16.2 Å². The smallest absolute Gasteiger partial charge is 0.239 e. The fraction of sp³-hybridized carbons (Fsp3) is 0.250. The molecule has 1 N–H and O–H groups in total. The number of hydrogen-bond acceptors (Lipinski definition) is 3. The molecule has 0 aliphatic carbocycles. The van der Waals surface area contributed by atoms with Crippen LogP contribution in [0.2, 0.25) is 0 Å². The molecule has 1 aliphatic rings. The highest BCUT2D eigenvalue weighted by atomic mass is 79.9. The average Bonchev–Trinajstić information content (AvgIpc) is 3.12. The number of benzene rings is 1. The number of halogens is 2. The van der Waals surface area contributed by atoms with Crippen molar-refractivity contribution < 1.29 is 9.59 Å². The largest absolute Gasteiger partial charge is 0.351 e. The molecule has 1 atom stereocenters. The zero-order valence-electron chi connectivity index (χ0n) is 12.1. The molecule has 1 unspecified atom stereocenters. The van der Waals surface area contributed by atoms with E-state index < -0.39 is 5.92 Å². The van der Waals surface area contributed by atoms with Crippen molar-refractivity contribution in [2.24, 2.45) is 5.92 Å². The van der Waals surface area contributed by atoms with E-state index in [1.807, 2.05) is 36.4 Å². The Balaban J connectivity index is 1.64. The van der Waals surface area contributed by atoms with Crippen LogP contribution in [0.1, 0.15) is 11.3 Å². The minimum Gasteiger partial charge on any atom is -0.351 e. The van der Waals surface area contributed by atoms with E-state index in [4.69, 9.17) is 0 Å². The van der Waals surface area contributed by atoms with E-state index in [-0.39, 0.29) is 11.8 Å². The molecule has 120 valence electrons. The van der Waals surface area contributed by atoms with Gasteiger partial charge < -0.3 is 10.2 Å². The first kappa shape index (κ1) is 16.7. The van der Waals surface area contributed by atoms with Crippen molar-refractivity contribution in [1.29, 1.82) is 0 Å². The first-order valence-corrected chi connectivity index (χ1v) is 9.54. The number of nitrogens with zero attached hydrogens (tertiary/aromatic N) is 1. The van der Waals surface area contributed by atoms with Gasteiger partial charge in [-0.3, -0.25) is 9.59 Å². The van der Waals surface area contributed by atoms with Crippen molar-refractivity contribution in [3.63, 3.8) is 0 Å². The number of amides is 2. The molecule has 7 heteroatoms. The molecule has 4 nitrogen and oxygen atoms in total. The normalized spacial score (nSPS) is 17.6. The summed E-state index contributed by atoms with van der Waals surface area (Å²) in [6.07, 6.45) is 0.542. The SMILES string of the molecule is O=C(NCc1ccc(Br)s1)C1CCN(c2ccccc2Br)C1=O. The Hall–Kier alpha value is -1.18. The van der Waals surface area contributed by atoms with Crippen LogP contribution in [0.3, 0.4) is 0 Å². The fourth-order valence-corrected chi connectivity index (χ4v) is 4.50. The van der Waals surface area contributed by atoms with Gasteiger partial charge in [-0.25, -0.2) is 0 Å². The van der Waals surface area contributed by atoms with Crippen LogP contribution in [0.15, 0.2) is 44.7 Å². The van der Waals surface area contributed by atoms with Crippen molar-refractivity contribution >= 4 is 60.7 Å². The molecule has 2 amide bonds. The minimum absolute atomic E-state index is 0.137. The lowest BCUT2D eigenvalue weighted by molar-refractivity contribution is -0.132. The standard InChI is InChI=1S/C16H14Br2N2O2S/c17-12-3-1-2-4-13(12)20-8-7-11(16(20)22)15(21)19-9-10-5-6-14(18)23-10/h1-6,11H,7-9H2,(H,19,21). The first-order valence-electron chi connectivity index (χ1n) is 7.14. The maximum Gasteiger partial charge on any atom is 0.239 e. The Morgan fingerprint density at radius 3 is 2.74 bits per heavy atom. The van der Waals surface area contributed by atoms with Crippen molar-refractivity contribution in [2.75, 3.05) is 11.4 Å². The molecule has 1 aromatic heterocycles. The van der Waals surface area contributed by atoms with Gasteiger partial charge in [-0.1, -0.05) is 12.1 Å². The van der Waals surface area contributed by atoms with Crippen LogP contribution < -0.4 is 10.2 Å². The van der Waals surface area contributed by atoms with Crippen LogP contribution in [0.5, 0.6) is 0 Å². The maximum absolute atomic E-state index is 12.6. The molecule has 1 fully saturated rings. The minimum atomic E-state index is -0.606. The molecule has 2 heterocycles. The molecule has 0 spiro atoms. The lowest BCUT2D eigenvalue weighted by atomic mass is 10.1. The Labute approximate surface area is 155 Å². The van der Waals surface area contributed by atoms with E-state index >= 15 is 0 Å². The van der Waals surface area contributed by atoms with Crippen LogP contribution in [0, 0.1) is 5.92 Å². The zero-order chi connectivity index (χ0) is 16.4. The number of carbonyl (C=O) groups excluding carboxylic acids is 2. The van der Waals surface area contributed by atoms with Gasteiger partial charge in [-0.2, -0.15) is 0 Å². The van der Waals surface area contributed by atoms with E-state index in [9.17, 15) is 9.59 Å². The van der Waals surface area contributed by atoms with Crippen LogP contribution in [-0.2, 0) is 16.1 Å². The number of rotatable bonds is 4. The van der Waals surface area contributed by atoms with E-state index in [0.29, 0.717) is 19.5 Å². The molecule has 2 aromatic rings. The van der Waals surface area contributed by atoms with Crippen molar-refractivity contribution in [3.05, 3.63) is 49.5 Å². The topological polar surface area (TPSA) is 49.4 Å². The number of thiophene rings is 1. The van der Waals surface area contributed by atoms with Crippen LogP contribution in [0.25, 0.3) is 0 Å². The predicted molar refractivity (Wildman–Crippen MR) is 98.5 cm³/mol. The number of hydrogen-bond donors (Lipinski definition) is 1. The van der Waals surface area contributed by atoms with Gasteiger partial charge >= 0.3 is 0 Å². The molecule has 0 saturated carbocycles. The van der Waals surface area contributed by atoms with E-state index in [0.717, 1.165) is 18.8 Å². The molecule has 23 heavy (non-hydrogen) atoms. The number of para-hydroxylation sites is 1. The molecular formula is C16H14Br2N2O2S. The van der Waals surface area contributed by atoms with Gasteiger partial charge in [0.1, 0.15) is 5.92 Å². The summed E-state index contributed by atoms with van der Waals surface area (Å²) in [5.74, 6) is -0.943. The third kappa shape index (κ3) is 3.67. The predicted octanol–water partition coefficient (Wildman–Crippen LogP) is 3.94. The lowest BCUT2D eigenvalue weighted by Crippen LogP contribution is -2.36. The molecule has 1 aromatic carbocycles. The second kappa shape index (κ2) is 7.15. The molecule has 1 saturated heterocycles. The third-order valence-electron chi connectivity index (χ3n) is 3.73. The first-order chi connectivity index (χ1) is 11.1. The van der Waals surface area contributed by atoms with Gasteiger partial charge in [0.2, 0.25) is 11.8 Å². The Bertz CT molecular complexity index is 747. The van der Waals surface area contributed by atoms with Gasteiger partial charge in [0.05, 0.1) is 16.0 Å². The second-order valence-corrected chi connectivity index (χ2v) is 8.61. The zero-order valence-corrected chi connectivity index (χ0v) is 16.1. The highest BCUT2D eigenvalue weighted by Crippen LogP contribution is 2.31. The maximum atomic E-state index is 12.6. The van der Waals surface area contributed by atoms with Gasteiger partial charge in [0.25, 0.3) is 0 Å². The lowest BCUT2D eigenvalue weighted by Gasteiger charge is -2.18. The monoisotopic (exact) mass is 456 g/mol. The van der Waals surface area contributed by atoms with Crippen molar-refractivity contribution in [1.82, 2.24) is 5.32 Å². The van der Waals surface area contributed by atoms with Crippen molar-refractivity contribution in [2.45, 2.75) is 13.0 Å². The second-order valence-electron chi connectivity index (χ2n) is 5.21. The Kier molecular flexibility index (Phi) is 5.18. The summed E-state index contributed by atoms with van der Waals surface area (Å²) >= 11 is 8.43. The third-order valence-corrected chi connectivity index (χ3v) is 6.03. The number of nitrogens with one attached hydrogen (secondary N) is 1. The summed E-state index contributed by atoms with van der Waals surface area (Å²) in [6.45, 7) is 1.01. The summed E-state index contributed by atoms with van der Waals surface area (Å²) in [6, 6.07) is 11.5. The fourth-order valence-electron chi connectivity index (χ4n) is 2.58. The molecule has 3 rings (SSSR count). The Morgan fingerprint density at radius 1 is 1.26 bits per heavy atom. The number of anilines is 1. The van der Waals surface area contributed by atoms with Crippen LogP contribution in [0.4, 0.5) is 5.69 Å². The van der Waals surface area contributed by atoms with Gasteiger partial charge in [0.15, 0.2) is 0 Å². The van der Waals surface area contributed by atoms with Crippen LogP contribution >= 0.6 is 43.2 Å². The molecular weight excluding hydrogens is 444 g/mol. The average molecular weight is 458 g/mol. The summed E-state index contributed by atoms with van der Waals surface area (Å²) in [4.78, 5) is 27.6. The summed E-state index contributed by atoms with van der Waals surface area (Å²) in [5.41, 5.74) is 0.815. The van der Waals surface area contributed by atoms with Crippen molar-refractivity contribution in [3.8, 4) is 0 Å². The summed E-state index contributed by atoms with van der Waals surface area (Å²) < 4.78 is 1.89. The van der Waals surface area contributed by atoms with Gasteiger partial charge in [-0.05, 0) is 62.5 Å². The number of carbonyl (C=O) groups is 2. The van der Waals surface area contributed by atoms with E-state index in [2.05, 4.69) is 37.2 Å². The highest BCUT2D eigenvalue weighted by Gasteiger charge is 2.38. The molecule has 0 radical (unpaired) electrons. The molecule has 0 bridgehead atoms. The van der Waals surface area contributed by atoms with E-state index in [1.165, 1.54) is 0 Å². The summed E-state index contributed by atoms with van der Waals surface area (Å²) in [7, 11) is 0. The van der Waals surface area contributed by atoms with Crippen LogP contribution in [-0.4, -0.2) is 18.4 Å².